The quantitative estimate of drug-likeness (QED) is 0.810. The molecule has 2 rings (SSSR count). The molecule has 2 atom stereocenters. The van der Waals surface area contributed by atoms with Crippen molar-refractivity contribution < 1.29 is 19.1 Å². The second kappa shape index (κ2) is 6.39. The Balaban J connectivity index is 1.81. The van der Waals surface area contributed by atoms with Gasteiger partial charge < -0.3 is 15.4 Å². The van der Waals surface area contributed by atoms with Crippen molar-refractivity contribution in [2.24, 2.45) is 11.8 Å². The van der Waals surface area contributed by atoms with Gasteiger partial charge in [-0.2, -0.15) is 0 Å². The van der Waals surface area contributed by atoms with Gasteiger partial charge in [0.05, 0.1) is 5.92 Å². The third kappa shape index (κ3) is 4.59. The van der Waals surface area contributed by atoms with Gasteiger partial charge in [0.25, 0.3) is 5.91 Å². The van der Waals surface area contributed by atoms with E-state index in [0.29, 0.717) is 17.3 Å². The molecule has 1 aliphatic carbocycles. The molecule has 0 saturated heterocycles. The first-order chi connectivity index (χ1) is 9.95. The molecule has 0 heterocycles. The van der Waals surface area contributed by atoms with Gasteiger partial charge in [0.2, 0.25) is 5.91 Å². The van der Waals surface area contributed by atoms with Crippen LogP contribution in [-0.4, -0.2) is 24.4 Å². The molecule has 0 spiro atoms. The molecule has 0 radical (unpaired) electrons. The van der Waals surface area contributed by atoms with Crippen molar-refractivity contribution >= 4 is 29.2 Å². The number of esters is 1. The Labute approximate surface area is 122 Å². The average molecular weight is 290 g/mol. The maximum absolute atomic E-state index is 11.7. The van der Waals surface area contributed by atoms with Gasteiger partial charge in [0.1, 0.15) is 0 Å². The van der Waals surface area contributed by atoms with Crippen LogP contribution in [0.3, 0.4) is 0 Å². The van der Waals surface area contributed by atoms with Gasteiger partial charge in [-0.05, 0) is 30.5 Å². The third-order valence-corrected chi connectivity index (χ3v) is 3.22. The highest BCUT2D eigenvalue weighted by Gasteiger charge is 2.40. The number of amides is 2. The van der Waals surface area contributed by atoms with E-state index < -0.39 is 5.91 Å². The van der Waals surface area contributed by atoms with Crippen LogP contribution in [0, 0.1) is 11.8 Å². The molecule has 0 unspecified atom stereocenters. The maximum Gasteiger partial charge on any atom is 0.309 e. The van der Waals surface area contributed by atoms with E-state index in [1.54, 1.807) is 24.3 Å². The zero-order valence-corrected chi connectivity index (χ0v) is 12.0. The molecule has 0 aliphatic heterocycles. The Bertz CT molecular complexity index is 571. The Morgan fingerprint density at radius 2 is 1.86 bits per heavy atom. The van der Waals surface area contributed by atoms with Gasteiger partial charge in [-0.1, -0.05) is 13.0 Å². The molecule has 1 aromatic carbocycles. The summed E-state index contributed by atoms with van der Waals surface area (Å²) < 4.78 is 4.94. The fraction of sp³-hybridized carbons (Fsp3) is 0.400. The van der Waals surface area contributed by atoms with E-state index in [0.717, 1.165) is 6.42 Å². The lowest BCUT2D eigenvalue weighted by Gasteiger charge is -2.08. The van der Waals surface area contributed by atoms with Gasteiger partial charge >= 0.3 is 5.97 Å². The topological polar surface area (TPSA) is 84.5 Å². The van der Waals surface area contributed by atoms with Crippen LogP contribution in [0.2, 0.25) is 0 Å². The monoisotopic (exact) mass is 290 g/mol. The number of hydrogen-bond acceptors (Lipinski definition) is 4. The number of ether oxygens (including phenoxy) is 1. The summed E-state index contributed by atoms with van der Waals surface area (Å²) in [6.45, 7) is 3.08. The number of nitrogens with one attached hydrogen (secondary N) is 2. The second-order valence-electron chi connectivity index (χ2n) is 5.24. The summed E-state index contributed by atoms with van der Waals surface area (Å²) >= 11 is 0. The summed E-state index contributed by atoms with van der Waals surface area (Å²) in [4.78, 5) is 34.2. The number of hydrogen-bond donors (Lipinski definition) is 2. The molecule has 1 aromatic rings. The van der Waals surface area contributed by atoms with E-state index in [1.807, 2.05) is 6.92 Å². The van der Waals surface area contributed by atoms with Crippen LogP contribution in [0.1, 0.15) is 20.3 Å². The molecule has 2 amide bonds. The lowest BCUT2D eigenvalue weighted by atomic mass is 10.2. The summed E-state index contributed by atoms with van der Waals surface area (Å²) in [5, 5.41) is 5.24. The van der Waals surface area contributed by atoms with Gasteiger partial charge in [0.15, 0.2) is 6.61 Å². The Hall–Kier alpha value is -2.37. The summed E-state index contributed by atoms with van der Waals surface area (Å²) in [7, 11) is 0. The van der Waals surface area contributed by atoms with Crippen LogP contribution in [-0.2, 0) is 19.1 Å². The van der Waals surface area contributed by atoms with E-state index in [2.05, 4.69) is 10.6 Å². The first-order valence-electron chi connectivity index (χ1n) is 6.80. The van der Waals surface area contributed by atoms with Gasteiger partial charge in [-0.15, -0.1) is 0 Å². The Kier molecular flexibility index (Phi) is 4.57. The first kappa shape index (κ1) is 15.0. The van der Waals surface area contributed by atoms with Crippen LogP contribution in [0.15, 0.2) is 24.3 Å². The van der Waals surface area contributed by atoms with Crippen molar-refractivity contribution in [1.29, 1.82) is 0 Å². The summed E-state index contributed by atoms with van der Waals surface area (Å²) in [5.41, 5.74) is 1.12. The number of rotatable bonds is 5. The van der Waals surface area contributed by atoms with Crippen molar-refractivity contribution in [1.82, 2.24) is 0 Å². The van der Waals surface area contributed by atoms with Crippen molar-refractivity contribution in [3.05, 3.63) is 24.3 Å². The van der Waals surface area contributed by atoms with E-state index in [-0.39, 0.29) is 24.4 Å². The number of benzene rings is 1. The minimum atomic E-state index is -0.406. The SMILES string of the molecule is CC(=O)Nc1cccc(NC(=O)COC(=O)[C@@H]2C[C@@H]2C)c1. The van der Waals surface area contributed by atoms with Gasteiger partial charge in [-0.3, -0.25) is 14.4 Å². The Morgan fingerprint density at radius 3 is 2.43 bits per heavy atom. The number of anilines is 2. The molecule has 0 bridgehead atoms. The highest BCUT2D eigenvalue weighted by molar-refractivity contribution is 5.94. The Morgan fingerprint density at radius 1 is 1.24 bits per heavy atom. The van der Waals surface area contributed by atoms with E-state index >= 15 is 0 Å². The molecule has 1 aliphatic rings. The van der Waals surface area contributed by atoms with Crippen LogP contribution in [0.4, 0.5) is 11.4 Å². The predicted octanol–water partition coefficient (Wildman–Crippen LogP) is 1.78. The number of carbonyl (C=O) groups is 3. The van der Waals surface area contributed by atoms with Gasteiger partial charge in [-0.25, -0.2) is 0 Å². The fourth-order valence-corrected chi connectivity index (χ4v) is 1.97. The minimum Gasteiger partial charge on any atom is -0.455 e. The summed E-state index contributed by atoms with van der Waals surface area (Å²) in [6.07, 6.45) is 0.833. The standard InChI is InChI=1S/C15H18N2O4/c1-9-6-13(9)15(20)21-8-14(19)17-12-5-3-4-11(7-12)16-10(2)18/h3-5,7,9,13H,6,8H2,1-2H3,(H,16,18)(H,17,19)/t9-,13+/m0/s1. The van der Waals surface area contributed by atoms with Crippen LogP contribution < -0.4 is 10.6 Å². The highest BCUT2D eigenvalue weighted by Crippen LogP contribution is 2.38. The molecule has 6 nitrogen and oxygen atoms in total. The first-order valence-corrected chi connectivity index (χ1v) is 6.80. The molecule has 112 valence electrons. The van der Waals surface area contributed by atoms with Crippen LogP contribution in [0.25, 0.3) is 0 Å². The average Bonchev–Trinajstić information content (AvgIpc) is 3.13. The molecular weight excluding hydrogens is 272 g/mol. The molecule has 0 aromatic heterocycles. The molecule has 21 heavy (non-hydrogen) atoms. The van der Waals surface area contributed by atoms with E-state index in [4.69, 9.17) is 4.74 Å². The smallest absolute Gasteiger partial charge is 0.309 e. The molecule has 6 heteroatoms. The molecular formula is C15H18N2O4. The largest absolute Gasteiger partial charge is 0.455 e. The van der Waals surface area contributed by atoms with Crippen molar-refractivity contribution in [3.8, 4) is 0 Å². The maximum atomic E-state index is 11.7. The summed E-state index contributed by atoms with van der Waals surface area (Å²) in [5.74, 6) is -0.608. The predicted molar refractivity (Wildman–Crippen MR) is 77.6 cm³/mol. The molecule has 2 N–H and O–H groups in total. The lowest BCUT2D eigenvalue weighted by Crippen LogP contribution is -2.21. The van der Waals surface area contributed by atoms with Crippen molar-refractivity contribution in [3.63, 3.8) is 0 Å². The van der Waals surface area contributed by atoms with E-state index in [1.165, 1.54) is 6.92 Å². The summed E-state index contributed by atoms with van der Waals surface area (Å²) in [6, 6.07) is 6.74. The third-order valence-electron chi connectivity index (χ3n) is 3.22. The van der Waals surface area contributed by atoms with Crippen LogP contribution >= 0.6 is 0 Å². The van der Waals surface area contributed by atoms with Gasteiger partial charge in [0, 0.05) is 18.3 Å². The fourth-order valence-electron chi connectivity index (χ4n) is 1.97. The highest BCUT2D eigenvalue weighted by atomic mass is 16.5. The zero-order valence-electron chi connectivity index (χ0n) is 12.0. The molecule has 1 saturated carbocycles. The van der Waals surface area contributed by atoms with E-state index in [9.17, 15) is 14.4 Å². The second-order valence-corrected chi connectivity index (χ2v) is 5.24. The van der Waals surface area contributed by atoms with Crippen molar-refractivity contribution in [2.75, 3.05) is 17.2 Å². The van der Waals surface area contributed by atoms with Crippen LogP contribution in [0.5, 0.6) is 0 Å². The molecule has 1 fully saturated rings. The minimum absolute atomic E-state index is 0.0547. The normalized spacial score (nSPS) is 19.5. The van der Waals surface area contributed by atoms with Crippen molar-refractivity contribution in [2.45, 2.75) is 20.3 Å². The lowest BCUT2D eigenvalue weighted by molar-refractivity contribution is -0.148. The zero-order chi connectivity index (χ0) is 15.4. The number of carbonyl (C=O) groups excluding carboxylic acids is 3.